The van der Waals surface area contributed by atoms with Gasteiger partial charge in [0, 0.05) is 0 Å². The van der Waals surface area contributed by atoms with E-state index in [9.17, 15) is 4.79 Å². The standard InChI is InChI=1S/C10H20N2O4/c13-5-8(6-14)12-10(15)7-16-9-1-3-11-4-2-9/h8-9,11,13-14H,1-7H2,(H,12,15). The predicted molar refractivity (Wildman–Crippen MR) is 57.9 cm³/mol. The highest BCUT2D eigenvalue weighted by Crippen LogP contribution is 2.06. The molecule has 0 aliphatic carbocycles. The lowest BCUT2D eigenvalue weighted by atomic mass is 10.1. The molecule has 1 rings (SSSR count). The number of ether oxygens (including phenoxy) is 1. The summed E-state index contributed by atoms with van der Waals surface area (Å²) in [7, 11) is 0. The SMILES string of the molecule is O=C(COC1CCNCC1)NC(CO)CO. The van der Waals surface area contributed by atoms with E-state index >= 15 is 0 Å². The minimum atomic E-state index is -0.593. The molecule has 0 spiro atoms. The Morgan fingerprint density at radius 1 is 1.38 bits per heavy atom. The van der Waals surface area contributed by atoms with Crippen molar-refractivity contribution in [3.63, 3.8) is 0 Å². The Kier molecular flexibility index (Phi) is 6.32. The van der Waals surface area contributed by atoms with Gasteiger partial charge in [-0.05, 0) is 25.9 Å². The van der Waals surface area contributed by atoms with E-state index in [4.69, 9.17) is 14.9 Å². The summed E-state index contributed by atoms with van der Waals surface area (Å²) in [5.74, 6) is -0.299. The topological polar surface area (TPSA) is 90.8 Å². The quantitative estimate of drug-likeness (QED) is 0.435. The zero-order valence-corrected chi connectivity index (χ0v) is 9.32. The molecule has 1 heterocycles. The van der Waals surface area contributed by atoms with E-state index in [1.54, 1.807) is 0 Å². The highest BCUT2D eigenvalue weighted by molar-refractivity contribution is 5.77. The first-order chi connectivity index (χ1) is 7.76. The van der Waals surface area contributed by atoms with Crippen LogP contribution < -0.4 is 10.6 Å². The molecule has 1 aliphatic rings. The Morgan fingerprint density at radius 3 is 2.56 bits per heavy atom. The van der Waals surface area contributed by atoms with Crippen LogP contribution in [-0.2, 0) is 9.53 Å². The van der Waals surface area contributed by atoms with Gasteiger partial charge in [-0.15, -0.1) is 0 Å². The first-order valence-electron chi connectivity index (χ1n) is 5.59. The number of aliphatic hydroxyl groups is 2. The molecule has 1 saturated heterocycles. The molecule has 6 heteroatoms. The van der Waals surface area contributed by atoms with Gasteiger partial charge in [0.15, 0.2) is 0 Å². The van der Waals surface area contributed by atoms with Crippen LogP contribution in [0.1, 0.15) is 12.8 Å². The van der Waals surface area contributed by atoms with Gasteiger partial charge in [-0.3, -0.25) is 4.79 Å². The molecule has 0 atom stereocenters. The predicted octanol–water partition coefficient (Wildman–Crippen LogP) is -1.78. The Morgan fingerprint density at radius 2 is 2.00 bits per heavy atom. The zero-order chi connectivity index (χ0) is 11.8. The molecule has 1 aliphatic heterocycles. The summed E-state index contributed by atoms with van der Waals surface area (Å²) in [4.78, 5) is 11.3. The lowest BCUT2D eigenvalue weighted by Crippen LogP contribution is -2.43. The van der Waals surface area contributed by atoms with E-state index in [0.717, 1.165) is 25.9 Å². The minimum Gasteiger partial charge on any atom is -0.394 e. The van der Waals surface area contributed by atoms with Gasteiger partial charge in [0.25, 0.3) is 0 Å². The van der Waals surface area contributed by atoms with E-state index < -0.39 is 6.04 Å². The molecule has 4 N–H and O–H groups in total. The molecular weight excluding hydrogens is 212 g/mol. The summed E-state index contributed by atoms with van der Waals surface area (Å²) < 4.78 is 5.42. The highest BCUT2D eigenvalue weighted by atomic mass is 16.5. The number of aliphatic hydroxyl groups excluding tert-OH is 2. The van der Waals surface area contributed by atoms with E-state index in [2.05, 4.69) is 10.6 Å². The Bertz CT molecular complexity index is 203. The van der Waals surface area contributed by atoms with E-state index in [-0.39, 0.29) is 31.8 Å². The normalized spacial score (nSPS) is 17.7. The van der Waals surface area contributed by atoms with Crippen LogP contribution in [0, 0.1) is 0 Å². The monoisotopic (exact) mass is 232 g/mol. The van der Waals surface area contributed by atoms with Crippen molar-refractivity contribution in [2.75, 3.05) is 32.9 Å². The van der Waals surface area contributed by atoms with Crippen molar-refractivity contribution >= 4 is 5.91 Å². The van der Waals surface area contributed by atoms with Crippen LogP contribution in [-0.4, -0.2) is 61.2 Å². The van der Waals surface area contributed by atoms with E-state index in [1.165, 1.54) is 0 Å². The molecule has 0 saturated carbocycles. The molecule has 16 heavy (non-hydrogen) atoms. The molecule has 1 fully saturated rings. The smallest absolute Gasteiger partial charge is 0.246 e. The van der Waals surface area contributed by atoms with Crippen LogP contribution in [0.2, 0.25) is 0 Å². The summed E-state index contributed by atoms with van der Waals surface area (Å²) in [5.41, 5.74) is 0. The number of hydrogen-bond acceptors (Lipinski definition) is 5. The average molecular weight is 232 g/mol. The molecule has 0 aromatic carbocycles. The van der Waals surface area contributed by atoms with Crippen molar-refractivity contribution in [1.29, 1.82) is 0 Å². The third-order valence-electron chi connectivity index (χ3n) is 2.54. The van der Waals surface area contributed by atoms with Crippen LogP contribution in [0.3, 0.4) is 0 Å². The molecule has 0 bridgehead atoms. The van der Waals surface area contributed by atoms with Gasteiger partial charge < -0.3 is 25.6 Å². The Hall–Kier alpha value is -0.690. The van der Waals surface area contributed by atoms with Gasteiger partial charge >= 0.3 is 0 Å². The third-order valence-corrected chi connectivity index (χ3v) is 2.54. The second kappa shape index (κ2) is 7.56. The number of amides is 1. The lowest BCUT2D eigenvalue weighted by molar-refractivity contribution is -0.129. The lowest BCUT2D eigenvalue weighted by Gasteiger charge is -2.23. The van der Waals surface area contributed by atoms with Crippen molar-refractivity contribution in [3.8, 4) is 0 Å². The van der Waals surface area contributed by atoms with E-state index in [1.807, 2.05) is 0 Å². The van der Waals surface area contributed by atoms with Gasteiger partial charge in [0.2, 0.25) is 5.91 Å². The number of rotatable bonds is 6. The number of carbonyl (C=O) groups is 1. The van der Waals surface area contributed by atoms with Crippen molar-refractivity contribution < 1.29 is 19.7 Å². The third kappa shape index (κ3) is 4.89. The van der Waals surface area contributed by atoms with Crippen LogP contribution in [0.4, 0.5) is 0 Å². The Labute approximate surface area is 95.0 Å². The summed E-state index contributed by atoms with van der Waals surface area (Å²) in [6.07, 6.45) is 1.96. The van der Waals surface area contributed by atoms with Crippen molar-refractivity contribution in [1.82, 2.24) is 10.6 Å². The maximum absolute atomic E-state index is 11.3. The van der Waals surface area contributed by atoms with Gasteiger partial charge in [-0.1, -0.05) is 0 Å². The number of carbonyl (C=O) groups excluding carboxylic acids is 1. The number of nitrogens with one attached hydrogen (secondary N) is 2. The average Bonchev–Trinajstić information content (AvgIpc) is 2.34. The van der Waals surface area contributed by atoms with Gasteiger partial charge in [0.1, 0.15) is 6.61 Å². The summed E-state index contributed by atoms with van der Waals surface area (Å²) in [5, 5.41) is 23.2. The van der Waals surface area contributed by atoms with Crippen molar-refractivity contribution in [3.05, 3.63) is 0 Å². The molecule has 0 unspecified atom stereocenters. The first kappa shape index (κ1) is 13.4. The van der Waals surface area contributed by atoms with Crippen LogP contribution >= 0.6 is 0 Å². The molecule has 0 aromatic heterocycles. The number of piperidine rings is 1. The maximum Gasteiger partial charge on any atom is 0.246 e. The molecule has 94 valence electrons. The maximum atomic E-state index is 11.3. The minimum absolute atomic E-state index is 0.0127. The van der Waals surface area contributed by atoms with Crippen molar-refractivity contribution in [2.24, 2.45) is 0 Å². The van der Waals surface area contributed by atoms with Crippen LogP contribution in [0.15, 0.2) is 0 Å². The van der Waals surface area contributed by atoms with Crippen LogP contribution in [0.25, 0.3) is 0 Å². The second-order valence-electron chi connectivity index (χ2n) is 3.89. The molecule has 0 aromatic rings. The molecule has 0 radical (unpaired) electrons. The van der Waals surface area contributed by atoms with Gasteiger partial charge in [0.05, 0.1) is 25.4 Å². The second-order valence-corrected chi connectivity index (χ2v) is 3.89. The Balaban J connectivity index is 2.13. The highest BCUT2D eigenvalue weighted by Gasteiger charge is 2.16. The van der Waals surface area contributed by atoms with Crippen LogP contribution in [0.5, 0.6) is 0 Å². The summed E-state index contributed by atoms with van der Waals surface area (Å²) >= 11 is 0. The van der Waals surface area contributed by atoms with Gasteiger partial charge in [-0.25, -0.2) is 0 Å². The fraction of sp³-hybridized carbons (Fsp3) is 0.900. The zero-order valence-electron chi connectivity index (χ0n) is 9.32. The molecule has 6 nitrogen and oxygen atoms in total. The molecular formula is C10H20N2O4. The fourth-order valence-corrected chi connectivity index (χ4v) is 1.57. The van der Waals surface area contributed by atoms with Gasteiger partial charge in [-0.2, -0.15) is 0 Å². The summed E-state index contributed by atoms with van der Waals surface area (Å²) in [6, 6.07) is -0.593. The number of hydrogen-bond donors (Lipinski definition) is 4. The largest absolute Gasteiger partial charge is 0.394 e. The van der Waals surface area contributed by atoms with E-state index in [0.29, 0.717) is 0 Å². The van der Waals surface area contributed by atoms with Crippen molar-refractivity contribution in [2.45, 2.75) is 25.0 Å². The first-order valence-corrected chi connectivity index (χ1v) is 5.59. The molecule has 1 amide bonds. The fourth-order valence-electron chi connectivity index (χ4n) is 1.57. The summed E-state index contributed by atoms with van der Waals surface area (Å²) in [6.45, 7) is 1.29.